The number of benzene rings is 2. The Morgan fingerprint density at radius 2 is 1.88 bits per heavy atom. The quantitative estimate of drug-likeness (QED) is 0.718. The monoisotopic (exact) mass is 366 g/mol. The average molecular weight is 367 g/mol. The SMILES string of the molecule is CC(C)COc1ccccc1NC(=O)CNc1ccc(Cl)cc1Cl. The molecule has 128 valence electrons. The van der Waals surface area contributed by atoms with Gasteiger partial charge in [-0.15, -0.1) is 0 Å². The summed E-state index contributed by atoms with van der Waals surface area (Å²) < 4.78 is 5.72. The van der Waals surface area contributed by atoms with Gasteiger partial charge >= 0.3 is 0 Å². The van der Waals surface area contributed by atoms with Crippen LogP contribution in [0.25, 0.3) is 0 Å². The number of hydrogen-bond donors (Lipinski definition) is 2. The van der Waals surface area contributed by atoms with Crippen LogP contribution in [0, 0.1) is 5.92 Å². The fourth-order valence-corrected chi connectivity index (χ4v) is 2.43. The first kappa shape index (κ1) is 18.4. The predicted molar refractivity (Wildman–Crippen MR) is 100 cm³/mol. The lowest BCUT2D eigenvalue weighted by molar-refractivity contribution is -0.114. The maximum absolute atomic E-state index is 12.2. The minimum Gasteiger partial charge on any atom is -0.491 e. The minimum absolute atomic E-state index is 0.0832. The van der Waals surface area contributed by atoms with Crippen LogP contribution >= 0.6 is 23.2 Å². The van der Waals surface area contributed by atoms with Crippen molar-refractivity contribution in [3.63, 3.8) is 0 Å². The van der Waals surface area contributed by atoms with Gasteiger partial charge in [-0.05, 0) is 36.2 Å². The van der Waals surface area contributed by atoms with Gasteiger partial charge in [-0.1, -0.05) is 49.2 Å². The van der Waals surface area contributed by atoms with E-state index in [9.17, 15) is 4.79 Å². The summed E-state index contributed by atoms with van der Waals surface area (Å²) in [5.74, 6) is 0.869. The second kappa shape index (κ2) is 8.81. The number of rotatable bonds is 7. The van der Waals surface area contributed by atoms with E-state index in [1.54, 1.807) is 18.2 Å². The van der Waals surface area contributed by atoms with E-state index in [4.69, 9.17) is 27.9 Å². The molecule has 0 heterocycles. The number of ether oxygens (including phenoxy) is 1. The molecule has 6 heteroatoms. The van der Waals surface area contributed by atoms with E-state index in [0.29, 0.717) is 39.7 Å². The maximum Gasteiger partial charge on any atom is 0.243 e. The maximum atomic E-state index is 12.2. The zero-order chi connectivity index (χ0) is 17.5. The molecule has 0 saturated carbocycles. The van der Waals surface area contributed by atoms with Crippen molar-refractivity contribution in [1.82, 2.24) is 0 Å². The van der Waals surface area contributed by atoms with Gasteiger partial charge in [-0.3, -0.25) is 4.79 Å². The summed E-state index contributed by atoms with van der Waals surface area (Å²) in [5, 5.41) is 6.84. The summed E-state index contributed by atoms with van der Waals surface area (Å²) >= 11 is 11.9. The highest BCUT2D eigenvalue weighted by Crippen LogP contribution is 2.26. The zero-order valence-electron chi connectivity index (χ0n) is 13.6. The molecule has 1 amide bonds. The molecule has 0 unspecified atom stereocenters. The molecule has 2 N–H and O–H groups in total. The highest BCUT2D eigenvalue weighted by atomic mass is 35.5. The molecule has 0 atom stereocenters. The van der Waals surface area contributed by atoms with Crippen LogP contribution in [0.1, 0.15) is 13.8 Å². The van der Waals surface area contributed by atoms with Crippen molar-refractivity contribution in [2.24, 2.45) is 5.92 Å². The first-order chi connectivity index (χ1) is 11.5. The Morgan fingerprint density at radius 3 is 2.58 bits per heavy atom. The van der Waals surface area contributed by atoms with E-state index in [2.05, 4.69) is 24.5 Å². The summed E-state index contributed by atoms with van der Waals surface area (Å²) in [6.07, 6.45) is 0. The topological polar surface area (TPSA) is 50.4 Å². The number of carbonyl (C=O) groups is 1. The molecule has 24 heavy (non-hydrogen) atoms. The van der Waals surface area contributed by atoms with Crippen LogP contribution in [0.3, 0.4) is 0 Å². The standard InChI is InChI=1S/C18H20Cl2N2O2/c1-12(2)11-24-17-6-4-3-5-16(17)22-18(23)10-21-15-8-7-13(19)9-14(15)20/h3-9,12,21H,10-11H2,1-2H3,(H,22,23). The molecular weight excluding hydrogens is 347 g/mol. The lowest BCUT2D eigenvalue weighted by Crippen LogP contribution is -2.22. The molecule has 0 aliphatic rings. The zero-order valence-corrected chi connectivity index (χ0v) is 15.1. The number of anilines is 2. The lowest BCUT2D eigenvalue weighted by Gasteiger charge is -2.14. The summed E-state index contributed by atoms with van der Waals surface area (Å²) in [5.41, 5.74) is 1.30. The van der Waals surface area contributed by atoms with E-state index in [1.165, 1.54) is 0 Å². The van der Waals surface area contributed by atoms with Gasteiger partial charge in [0.2, 0.25) is 5.91 Å². The molecule has 2 aromatic carbocycles. The Hall–Kier alpha value is -1.91. The van der Waals surface area contributed by atoms with E-state index in [-0.39, 0.29) is 12.5 Å². The number of carbonyl (C=O) groups excluding carboxylic acids is 1. The molecule has 2 aromatic rings. The molecule has 0 fully saturated rings. The van der Waals surface area contributed by atoms with Gasteiger partial charge in [0.05, 0.1) is 29.5 Å². The van der Waals surface area contributed by atoms with Gasteiger partial charge in [0.1, 0.15) is 5.75 Å². The van der Waals surface area contributed by atoms with Gasteiger partial charge < -0.3 is 15.4 Å². The van der Waals surface area contributed by atoms with Crippen LogP contribution in [0.5, 0.6) is 5.75 Å². The smallest absolute Gasteiger partial charge is 0.243 e. The first-order valence-electron chi connectivity index (χ1n) is 7.66. The average Bonchev–Trinajstić information content (AvgIpc) is 2.53. The molecular formula is C18H20Cl2N2O2. The number of nitrogens with one attached hydrogen (secondary N) is 2. The lowest BCUT2D eigenvalue weighted by atomic mass is 10.2. The van der Waals surface area contributed by atoms with Gasteiger partial charge in [0.25, 0.3) is 0 Å². The van der Waals surface area contributed by atoms with Crippen LogP contribution in [-0.4, -0.2) is 19.1 Å². The van der Waals surface area contributed by atoms with E-state index < -0.39 is 0 Å². The third-order valence-electron chi connectivity index (χ3n) is 3.10. The van der Waals surface area contributed by atoms with E-state index in [0.717, 1.165) is 0 Å². The van der Waals surface area contributed by atoms with Gasteiger partial charge in [0.15, 0.2) is 0 Å². The Morgan fingerprint density at radius 1 is 1.12 bits per heavy atom. The van der Waals surface area contributed by atoms with Gasteiger partial charge in [0, 0.05) is 5.02 Å². The Labute approximate surface area is 152 Å². The van der Waals surface area contributed by atoms with Crippen LogP contribution in [0.4, 0.5) is 11.4 Å². The van der Waals surface area contributed by atoms with E-state index in [1.807, 2.05) is 24.3 Å². The Bertz CT molecular complexity index is 705. The summed E-state index contributed by atoms with van der Waals surface area (Å²) in [4.78, 5) is 12.2. The number of halogens is 2. The van der Waals surface area contributed by atoms with Crippen LogP contribution < -0.4 is 15.4 Å². The van der Waals surface area contributed by atoms with Crippen LogP contribution in [0.2, 0.25) is 10.0 Å². The molecule has 0 aliphatic carbocycles. The third kappa shape index (κ3) is 5.62. The highest BCUT2D eigenvalue weighted by molar-refractivity contribution is 6.36. The van der Waals surface area contributed by atoms with Crippen molar-refractivity contribution in [2.75, 3.05) is 23.8 Å². The summed E-state index contributed by atoms with van der Waals surface area (Å²) in [7, 11) is 0. The second-order valence-corrected chi connectivity index (χ2v) is 6.57. The number of amides is 1. The number of para-hydroxylation sites is 2. The second-order valence-electron chi connectivity index (χ2n) is 5.73. The Kier molecular flexibility index (Phi) is 6.76. The molecule has 0 radical (unpaired) electrons. The Balaban J connectivity index is 1.95. The van der Waals surface area contributed by atoms with Gasteiger partial charge in [-0.25, -0.2) is 0 Å². The molecule has 4 nitrogen and oxygen atoms in total. The molecule has 0 aliphatic heterocycles. The van der Waals surface area contributed by atoms with Crippen LogP contribution in [-0.2, 0) is 4.79 Å². The third-order valence-corrected chi connectivity index (χ3v) is 3.65. The molecule has 2 rings (SSSR count). The van der Waals surface area contributed by atoms with Crippen molar-refractivity contribution in [1.29, 1.82) is 0 Å². The summed E-state index contributed by atoms with van der Waals surface area (Å²) in [6.45, 7) is 4.81. The fraction of sp³-hybridized carbons (Fsp3) is 0.278. The highest BCUT2D eigenvalue weighted by Gasteiger charge is 2.09. The molecule has 0 aromatic heterocycles. The molecule has 0 bridgehead atoms. The van der Waals surface area contributed by atoms with Gasteiger partial charge in [-0.2, -0.15) is 0 Å². The largest absolute Gasteiger partial charge is 0.491 e. The molecule has 0 spiro atoms. The molecule has 0 saturated heterocycles. The summed E-state index contributed by atoms with van der Waals surface area (Å²) in [6, 6.07) is 12.4. The minimum atomic E-state index is -0.193. The van der Waals surface area contributed by atoms with Crippen LogP contribution in [0.15, 0.2) is 42.5 Å². The van der Waals surface area contributed by atoms with Crippen molar-refractivity contribution in [3.8, 4) is 5.75 Å². The van der Waals surface area contributed by atoms with Crippen molar-refractivity contribution in [3.05, 3.63) is 52.5 Å². The van der Waals surface area contributed by atoms with Crippen molar-refractivity contribution in [2.45, 2.75) is 13.8 Å². The predicted octanol–water partition coefficient (Wildman–Crippen LogP) is 5.08. The van der Waals surface area contributed by atoms with Crippen molar-refractivity contribution >= 4 is 40.5 Å². The number of hydrogen-bond acceptors (Lipinski definition) is 3. The normalized spacial score (nSPS) is 10.5. The van der Waals surface area contributed by atoms with Crippen molar-refractivity contribution < 1.29 is 9.53 Å². The van der Waals surface area contributed by atoms with E-state index >= 15 is 0 Å². The fourth-order valence-electron chi connectivity index (χ4n) is 1.95. The first-order valence-corrected chi connectivity index (χ1v) is 8.42.